The van der Waals surface area contributed by atoms with Gasteiger partial charge in [-0.1, -0.05) is 18.2 Å². The van der Waals surface area contributed by atoms with E-state index < -0.39 is 12.5 Å². The Balaban J connectivity index is 1.61. The van der Waals surface area contributed by atoms with Crippen molar-refractivity contribution >= 4 is 17.5 Å². The fourth-order valence-electron chi connectivity index (χ4n) is 2.86. The van der Waals surface area contributed by atoms with E-state index in [0.29, 0.717) is 17.7 Å². The Morgan fingerprint density at radius 3 is 2.55 bits per heavy atom. The highest BCUT2D eigenvalue weighted by atomic mass is 19.3. The Kier molecular flexibility index (Phi) is 7.21. The number of methoxy groups -OCH3 is 1. The van der Waals surface area contributed by atoms with Crippen LogP contribution in [-0.2, 0) is 6.42 Å². The lowest BCUT2D eigenvalue weighted by molar-refractivity contribution is -0.0512. The summed E-state index contributed by atoms with van der Waals surface area (Å²) in [6.07, 6.45) is 1.81. The lowest BCUT2D eigenvalue weighted by atomic mass is 10.1. The fraction of sp³-hybridized carbons (Fsp3) is 0.182. The second-order valence-electron chi connectivity index (χ2n) is 6.35. The van der Waals surface area contributed by atoms with E-state index in [-0.39, 0.29) is 29.7 Å². The van der Waals surface area contributed by atoms with Gasteiger partial charge in [0.1, 0.15) is 0 Å². The van der Waals surface area contributed by atoms with Gasteiger partial charge in [0.15, 0.2) is 17.3 Å². The average Bonchev–Trinajstić information content (AvgIpc) is 3.30. The van der Waals surface area contributed by atoms with Crippen molar-refractivity contribution in [3.63, 3.8) is 0 Å². The first kappa shape index (κ1) is 21.8. The summed E-state index contributed by atoms with van der Waals surface area (Å²) < 4.78 is 39.4. The molecule has 0 aliphatic rings. The third-order valence-electron chi connectivity index (χ3n) is 4.31. The molecule has 0 unspecified atom stereocenters. The molecule has 0 spiro atoms. The average molecular weight is 430 g/mol. The number of hydrogen-bond acceptors (Lipinski definition) is 5. The van der Waals surface area contributed by atoms with Crippen molar-refractivity contribution in [2.45, 2.75) is 13.0 Å². The third kappa shape index (κ3) is 5.81. The van der Waals surface area contributed by atoms with Gasteiger partial charge >= 0.3 is 6.61 Å². The van der Waals surface area contributed by atoms with E-state index in [1.54, 1.807) is 42.5 Å². The Bertz CT molecular complexity index is 1040. The minimum Gasteiger partial charge on any atom is -0.493 e. The molecule has 3 rings (SSSR count). The molecule has 0 radical (unpaired) electrons. The Morgan fingerprint density at radius 1 is 1.03 bits per heavy atom. The van der Waals surface area contributed by atoms with Crippen LogP contribution < -0.4 is 20.1 Å². The molecule has 0 aliphatic carbocycles. The second kappa shape index (κ2) is 10.2. The van der Waals surface area contributed by atoms with E-state index >= 15 is 0 Å². The van der Waals surface area contributed by atoms with Gasteiger partial charge in [-0.2, -0.15) is 8.78 Å². The zero-order valence-corrected chi connectivity index (χ0v) is 16.6. The molecular weight excluding hydrogens is 410 g/mol. The number of alkyl halides is 2. The first-order chi connectivity index (χ1) is 15.0. The van der Waals surface area contributed by atoms with Crippen molar-refractivity contribution in [1.82, 2.24) is 5.32 Å². The van der Waals surface area contributed by atoms with Crippen molar-refractivity contribution in [2.75, 3.05) is 19.0 Å². The summed E-state index contributed by atoms with van der Waals surface area (Å²) in [5, 5.41) is 5.43. The highest BCUT2D eigenvalue weighted by Crippen LogP contribution is 2.29. The number of halogens is 2. The molecule has 1 heterocycles. The number of furan rings is 1. The van der Waals surface area contributed by atoms with Crippen molar-refractivity contribution in [1.29, 1.82) is 0 Å². The number of hydrogen-bond donors (Lipinski definition) is 2. The molecule has 9 heteroatoms. The first-order valence-corrected chi connectivity index (χ1v) is 9.31. The van der Waals surface area contributed by atoms with Gasteiger partial charge in [-0.3, -0.25) is 9.59 Å². The molecule has 2 N–H and O–H groups in total. The van der Waals surface area contributed by atoms with Crippen molar-refractivity contribution in [3.8, 4) is 11.5 Å². The van der Waals surface area contributed by atoms with Gasteiger partial charge < -0.3 is 24.5 Å². The Labute approximate surface area is 177 Å². The molecule has 0 bridgehead atoms. The monoisotopic (exact) mass is 430 g/mol. The molecule has 31 heavy (non-hydrogen) atoms. The maximum absolute atomic E-state index is 12.6. The summed E-state index contributed by atoms with van der Waals surface area (Å²) in [6.45, 7) is -2.68. The SMILES string of the molecule is COc1cc(CCNC(=O)c2ccccc2NC(=O)c2ccco2)ccc1OC(F)F. The van der Waals surface area contributed by atoms with E-state index in [4.69, 9.17) is 9.15 Å². The highest BCUT2D eigenvalue weighted by Gasteiger charge is 2.15. The number of carbonyl (C=O) groups excluding carboxylic acids is 2. The van der Waals surface area contributed by atoms with Crippen LogP contribution >= 0.6 is 0 Å². The molecule has 0 saturated carbocycles. The predicted octanol–water partition coefficient (Wildman–Crippen LogP) is 4.11. The van der Waals surface area contributed by atoms with Crippen LogP contribution in [0.2, 0.25) is 0 Å². The van der Waals surface area contributed by atoms with Gasteiger partial charge in [-0.15, -0.1) is 0 Å². The van der Waals surface area contributed by atoms with Crippen LogP contribution in [0, 0.1) is 0 Å². The number of amides is 2. The number of para-hydroxylation sites is 1. The Hall–Kier alpha value is -3.88. The minimum atomic E-state index is -2.95. The van der Waals surface area contributed by atoms with E-state index in [1.165, 1.54) is 25.5 Å². The predicted molar refractivity (Wildman–Crippen MR) is 109 cm³/mol. The van der Waals surface area contributed by atoms with Gasteiger partial charge in [0, 0.05) is 6.54 Å². The van der Waals surface area contributed by atoms with Crippen molar-refractivity contribution in [3.05, 3.63) is 77.7 Å². The molecule has 0 fully saturated rings. The van der Waals surface area contributed by atoms with E-state index in [2.05, 4.69) is 15.4 Å². The molecule has 1 aromatic heterocycles. The summed E-state index contributed by atoms with van der Waals surface area (Å²) in [5.41, 5.74) is 1.40. The summed E-state index contributed by atoms with van der Waals surface area (Å²) in [5.74, 6) is -0.603. The lowest BCUT2D eigenvalue weighted by Gasteiger charge is -2.13. The van der Waals surface area contributed by atoms with Crippen molar-refractivity contribution < 1.29 is 32.3 Å². The number of nitrogens with one attached hydrogen (secondary N) is 2. The summed E-state index contributed by atoms with van der Waals surface area (Å²) >= 11 is 0. The lowest BCUT2D eigenvalue weighted by Crippen LogP contribution is -2.27. The Morgan fingerprint density at radius 2 is 1.84 bits per heavy atom. The quantitative estimate of drug-likeness (QED) is 0.533. The number of benzene rings is 2. The third-order valence-corrected chi connectivity index (χ3v) is 4.31. The van der Waals surface area contributed by atoms with Crippen LogP contribution in [0.5, 0.6) is 11.5 Å². The standard InChI is InChI=1S/C22H20F2N2O5/c1-29-19-13-14(8-9-17(19)31-22(23)24)10-11-25-20(27)15-5-2-3-6-16(15)26-21(28)18-7-4-12-30-18/h2-9,12-13,22H,10-11H2,1H3,(H,25,27)(H,26,28). The minimum absolute atomic E-state index is 0.0634. The van der Waals surface area contributed by atoms with E-state index in [1.807, 2.05) is 0 Å². The summed E-state index contributed by atoms with van der Waals surface area (Å²) in [7, 11) is 1.35. The number of anilines is 1. The normalized spacial score (nSPS) is 10.6. The molecule has 2 aromatic carbocycles. The van der Waals surface area contributed by atoms with Crippen LogP contribution in [0.15, 0.2) is 65.3 Å². The maximum Gasteiger partial charge on any atom is 0.387 e. The van der Waals surface area contributed by atoms with Gasteiger partial charge in [0.2, 0.25) is 0 Å². The smallest absolute Gasteiger partial charge is 0.387 e. The number of rotatable bonds is 9. The zero-order valence-electron chi connectivity index (χ0n) is 16.6. The second-order valence-corrected chi connectivity index (χ2v) is 6.35. The van der Waals surface area contributed by atoms with Crippen LogP contribution in [-0.4, -0.2) is 32.1 Å². The molecule has 0 saturated heterocycles. The molecular formula is C22H20F2N2O5. The topological polar surface area (TPSA) is 89.8 Å². The molecule has 162 valence electrons. The van der Waals surface area contributed by atoms with Crippen LogP contribution in [0.1, 0.15) is 26.5 Å². The molecule has 7 nitrogen and oxygen atoms in total. The van der Waals surface area contributed by atoms with Gasteiger partial charge in [-0.05, 0) is 48.4 Å². The van der Waals surface area contributed by atoms with E-state index in [9.17, 15) is 18.4 Å². The molecule has 3 aromatic rings. The van der Waals surface area contributed by atoms with Crippen LogP contribution in [0.3, 0.4) is 0 Å². The maximum atomic E-state index is 12.6. The molecule has 0 atom stereocenters. The van der Waals surface area contributed by atoms with Crippen LogP contribution in [0.25, 0.3) is 0 Å². The van der Waals surface area contributed by atoms with Gasteiger partial charge in [0.05, 0.1) is 24.6 Å². The molecule has 2 amide bonds. The fourth-order valence-corrected chi connectivity index (χ4v) is 2.86. The molecule has 0 aliphatic heterocycles. The zero-order chi connectivity index (χ0) is 22.2. The summed E-state index contributed by atoms with van der Waals surface area (Å²) in [4.78, 5) is 24.8. The van der Waals surface area contributed by atoms with Gasteiger partial charge in [-0.25, -0.2) is 0 Å². The number of ether oxygens (including phenoxy) is 2. The van der Waals surface area contributed by atoms with Crippen LogP contribution in [0.4, 0.5) is 14.5 Å². The number of carbonyl (C=O) groups is 2. The summed E-state index contributed by atoms with van der Waals surface area (Å²) in [6, 6.07) is 14.3. The highest BCUT2D eigenvalue weighted by molar-refractivity contribution is 6.07. The van der Waals surface area contributed by atoms with E-state index in [0.717, 1.165) is 5.56 Å². The first-order valence-electron chi connectivity index (χ1n) is 9.31. The largest absolute Gasteiger partial charge is 0.493 e. The van der Waals surface area contributed by atoms with Gasteiger partial charge in [0.25, 0.3) is 11.8 Å². The van der Waals surface area contributed by atoms with Crippen molar-refractivity contribution in [2.24, 2.45) is 0 Å².